The summed E-state index contributed by atoms with van der Waals surface area (Å²) in [6.45, 7) is 4.42. The summed E-state index contributed by atoms with van der Waals surface area (Å²) in [5.74, 6) is 0.679. The lowest BCUT2D eigenvalue weighted by Crippen LogP contribution is -2.48. The van der Waals surface area contributed by atoms with Gasteiger partial charge in [0.1, 0.15) is 5.82 Å². The first-order valence-electron chi connectivity index (χ1n) is 12.5. The van der Waals surface area contributed by atoms with Crippen LogP contribution in [0.4, 0.5) is 19.0 Å². The van der Waals surface area contributed by atoms with Crippen LogP contribution >= 0.6 is 11.3 Å². The second kappa shape index (κ2) is 11.7. The Morgan fingerprint density at radius 3 is 2.59 bits per heavy atom. The fourth-order valence-corrected chi connectivity index (χ4v) is 6.09. The number of aryl methyl sites for hydroxylation is 1. The summed E-state index contributed by atoms with van der Waals surface area (Å²) in [6.07, 6.45) is 1.79. The lowest BCUT2D eigenvalue weighted by molar-refractivity contribution is -0.156. The Balaban J connectivity index is 0.000000531. The van der Waals surface area contributed by atoms with Gasteiger partial charge < -0.3 is 15.5 Å². The maximum Gasteiger partial charge on any atom is 0.446 e. The van der Waals surface area contributed by atoms with Crippen molar-refractivity contribution in [3.8, 4) is 0 Å². The van der Waals surface area contributed by atoms with Gasteiger partial charge in [-0.2, -0.15) is 13.2 Å². The number of aldehydes is 1. The average Bonchev–Trinajstić information content (AvgIpc) is 3.23. The number of benzene rings is 1. The van der Waals surface area contributed by atoms with E-state index in [4.69, 9.17) is 4.79 Å². The number of carbonyl (C=O) groups is 3. The molecule has 0 unspecified atom stereocenters. The Hall–Kier alpha value is -3.57. The highest BCUT2D eigenvalue weighted by Gasteiger charge is 2.43. The normalized spacial score (nSPS) is 16.4. The summed E-state index contributed by atoms with van der Waals surface area (Å²) >= 11 is 1.74. The van der Waals surface area contributed by atoms with Gasteiger partial charge in [-0.1, -0.05) is 18.2 Å². The van der Waals surface area contributed by atoms with Crippen LogP contribution < -0.4 is 10.6 Å². The lowest BCUT2D eigenvalue weighted by atomic mass is 9.71. The van der Waals surface area contributed by atoms with Crippen LogP contribution in [0, 0.1) is 12.3 Å². The molecule has 0 bridgehead atoms. The van der Waals surface area contributed by atoms with Crippen molar-refractivity contribution in [2.24, 2.45) is 5.41 Å². The number of hydrogen-bond acceptors (Lipinski definition) is 6. The number of pyridine rings is 1. The smallest absolute Gasteiger partial charge is 0.337 e. The molecule has 7 nitrogen and oxygen atoms in total. The Morgan fingerprint density at radius 2 is 1.92 bits per heavy atom. The maximum absolute atomic E-state index is 12.8. The van der Waals surface area contributed by atoms with Gasteiger partial charge in [-0.25, -0.2) is 4.98 Å². The van der Waals surface area contributed by atoms with Crippen LogP contribution in [0.25, 0.3) is 16.2 Å². The molecule has 5 rings (SSSR count). The minimum absolute atomic E-state index is 0.0484. The number of nitrogens with one attached hydrogen (secondary N) is 2. The molecule has 11 heteroatoms. The first kappa shape index (κ1) is 28.4. The minimum atomic E-state index is -4.64. The molecule has 2 amide bonds. The van der Waals surface area contributed by atoms with Gasteiger partial charge in [0.2, 0.25) is 18.1 Å². The molecule has 1 aromatic carbocycles. The molecule has 39 heavy (non-hydrogen) atoms. The highest BCUT2D eigenvalue weighted by atomic mass is 32.1. The van der Waals surface area contributed by atoms with E-state index in [-0.39, 0.29) is 17.2 Å². The van der Waals surface area contributed by atoms with Crippen molar-refractivity contribution in [1.82, 2.24) is 15.2 Å². The molecular weight excluding hydrogens is 529 g/mol. The molecule has 0 radical (unpaired) electrons. The quantitative estimate of drug-likeness (QED) is 0.352. The molecule has 4 heterocycles. The Kier molecular flexibility index (Phi) is 8.51. The van der Waals surface area contributed by atoms with Crippen LogP contribution in [0.2, 0.25) is 0 Å². The second-order valence-electron chi connectivity index (χ2n) is 9.77. The summed E-state index contributed by atoms with van der Waals surface area (Å²) in [5.41, 5.74) is 2.81. The van der Waals surface area contributed by atoms with Gasteiger partial charge in [0.25, 0.3) is 0 Å². The third-order valence-corrected chi connectivity index (χ3v) is 8.30. The van der Waals surface area contributed by atoms with E-state index in [2.05, 4.69) is 40.7 Å². The standard InChI is InChI=1S/C26H28N4O2S.C2HF3O/c1-17-20-5-3-4-6-21(20)33-22(17)16-30(2)23(31)8-7-18-13-19-14-26(9-11-27-12-10-26)25(32)29-24(19)28-15-18;3-2(4,5)1-6/h3-8,13,15,27H,9-12,14,16H2,1-2H3,(H,28,29,32);1H/b8-7+;. The SMILES string of the molecule is Cc1c(CN(C)C(=O)/C=C/c2cnc3c(c2)CC2(CCNCC2)C(=O)N3)sc2ccccc12.O=CC(F)(F)F. The van der Waals surface area contributed by atoms with E-state index in [1.54, 1.807) is 28.5 Å². The number of rotatable bonds is 4. The van der Waals surface area contributed by atoms with Crippen LogP contribution in [0.5, 0.6) is 0 Å². The van der Waals surface area contributed by atoms with Crippen LogP contribution in [-0.4, -0.2) is 54.3 Å². The second-order valence-corrected chi connectivity index (χ2v) is 10.9. The zero-order valence-corrected chi connectivity index (χ0v) is 22.4. The van der Waals surface area contributed by atoms with Crippen molar-refractivity contribution in [1.29, 1.82) is 0 Å². The molecule has 2 aromatic heterocycles. The molecule has 2 aliphatic heterocycles. The van der Waals surface area contributed by atoms with E-state index >= 15 is 0 Å². The van der Waals surface area contributed by atoms with Gasteiger partial charge in [0.15, 0.2) is 0 Å². The molecule has 2 aliphatic rings. The summed E-state index contributed by atoms with van der Waals surface area (Å²) in [4.78, 5) is 41.6. The maximum atomic E-state index is 12.8. The first-order chi connectivity index (χ1) is 18.5. The fourth-order valence-electron chi connectivity index (χ4n) is 4.83. The first-order valence-corrected chi connectivity index (χ1v) is 13.3. The molecule has 206 valence electrons. The third-order valence-electron chi connectivity index (χ3n) is 7.04. The van der Waals surface area contributed by atoms with E-state index in [0.29, 0.717) is 18.8 Å². The van der Waals surface area contributed by atoms with Gasteiger partial charge in [-0.15, -0.1) is 11.3 Å². The largest absolute Gasteiger partial charge is 0.446 e. The average molecular weight is 559 g/mol. The van der Waals surface area contributed by atoms with Crippen LogP contribution in [0.1, 0.15) is 34.4 Å². The number of hydrogen-bond donors (Lipinski definition) is 2. The van der Waals surface area contributed by atoms with E-state index in [9.17, 15) is 22.8 Å². The van der Waals surface area contributed by atoms with E-state index in [1.807, 2.05) is 25.3 Å². The molecule has 1 spiro atoms. The van der Waals surface area contributed by atoms with Crippen LogP contribution in [0.3, 0.4) is 0 Å². The number of aromatic nitrogens is 1. The van der Waals surface area contributed by atoms with Gasteiger partial charge in [0, 0.05) is 28.9 Å². The van der Waals surface area contributed by atoms with Crippen LogP contribution in [-0.2, 0) is 27.3 Å². The number of likely N-dealkylation sites (N-methyl/N-ethyl adjacent to an activating group) is 1. The summed E-state index contributed by atoms with van der Waals surface area (Å²) in [6, 6.07) is 10.4. The summed E-state index contributed by atoms with van der Waals surface area (Å²) in [5, 5.41) is 7.59. The zero-order valence-electron chi connectivity index (χ0n) is 21.6. The topological polar surface area (TPSA) is 91.4 Å². The number of carbonyl (C=O) groups excluding carboxylic acids is 3. The number of thiophene rings is 1. The number of halogens is 3. The number of fused-ring (bicyclic) bond motifs is 2. The van der Waals surface area contributed by atoms with Gasteiger partial charge in [0.05, 0.1) is 12.0 Å². The molecular formula is C28H29F3N4O3S. The van der Waals surface area contributed by atoms with E-state index in [0.717, 1.165) is 37.1 Å². The molecule has 3 aromatic rings. The van der Waals surface area contributed by atoms with E-state index in [1.165, 1.54) is 20.5 Å². The van der Waals surface area contributed by atoms with Crippen molar-refractivity contribution in [3.63, 3.8) is 0 Å². The Labute approximate surface area is 228 Å². The predicted molar refractivity (Wildman–Crippen MR) is 145 cm³/mol. The van der Waals surface area contributed by atoms with Crippen molar-refractivity contribution < 1.29 is 27.6 Å². The highest BCUT2D eigenvalue weighted by Crippen LogP contribution is 2.39. The predicted octanol–water partition coefficient (Wildman–Crippen LogP) is 4.89. The molecule has 1 fully saturated rings. The molecule has 2 N–H and O–H groups in total. The highest BCUT2D eigenvalue weighted by molar-refractivity contribution is 7.19. The minimum Gasteiger partial charge on any atom is -0.337 e. The number of alkyl halides is 3. The fraction of sp³-hybridized carbons (Fsp3) is 0.357. The molecule has 0 aliphatic carbocycles. The number of piperidine rings is 1. The number of anilines is 1. The van der Waals surface area contributed by atoms with Crippen LogP contribution in [0.15, 0.2) is 42.6 Å². The van der Waals surface area contributed by atoms with E-state index < -0.39 is 12.5 Å². The van der Waals surface area contributed by atoms with Gasteiger partial charge in [-0.05, 0) is 79.6 Å². The number of nitrogens with zero attached hydrogens (tertiary/aromatic N) is 2. The summed E-state index contributed by atoms with van der Waals surface area (Å²) in [7, 11) is 1.83. The van der Waals surface area contributed by atoms with Gasteiger partial charge >= 0.3 is 6.18 Å². The monoisotopic (exact) mass is 558 g/mol. The van der Waals surface area contributed by atoms with Crippen molar-refractivity contribution >= 4 is 51.4 Å². The lowest BCUT2D eigenvalue weighted by Gasteiger charge is -2.39. The molecule has 0 atom stereocenters. The molecule has 1 saturated heterocycles. The van der Waals surface area contributed by atoms with Gasteiger partial charge in [-0.3, -0.25) is 14.4 Å². The van der Waals surface area contributed by atoms with Crippen molar-refractivity contribution in [2.45, 2.75) is 38.9 Å². The Bertz CT molecular complexity index is 1410. The Morgan fingerprint density at radius 1 is 1.23 bits per heavy atom. The molecule has 0 saturated carbocycles. The van der Waals surface area contributed by atoms with Crippen molar-refractivity contribution in [3.05, 3.63) is 64.2 Å². The third kappa shape index (κ3) is 6.72. The van der Waals surface area contributed by atoms with Crippen molar-refractivity contribution in [2.75, 3.05) is 25.5 Å². The summed E-state index contributed by atoms with van der Waals surface area (Å²) < 4.78 is 32.5. The number of amides is 2. The zero-order chi connectivity index (χ0) is 28.2.